The molecular weight excluding hydrogens is 459 g/mol. The van der Waals surface area contributed by atoms with E-state index in [4.69, 9.17) is 27.9 Å². The molecule has 1 amide bonds. The molecule has 0 aromatic heterocycles. The number of sulfonamides is 1. The van der Waals surface area contributed by atoms with Crippen LogP contribution in [0.1, 0.15) is 5.56 Å². The number of methoxy groups -OCH3 is 1. The van der Waals surface area contributed by atoms with Crippen LogP contribution in [0.4, 0.5) is 5.69 Å². The zero-order valence-corrected chi connectivity index (χ0v) is 18.8. The fourth-order valence-corrected chi connectivity index (χ4v) is 4.62. The Labute approximate surface area is 191 Å². The number of amides is 1. The van der Waals surface area contributed by atoms with Gasteiger partial charge in [-0.25, -0.2) is 8.42 Å². The normalized spacial score (nSPS) is 12.2. The lowest BCUT2D eigenvalue weighted by molar-refractivity contribution is -0.117. The maximum absolute atomic E-state index is 13.0. The van der Waals surface area contributed by atoms with E-state index in [2.05, 4.69) is 10.0 Å². The van der Waals surface area contributed by atoms with Crippen LogP contribution in [-0.4, -0.2) is 27.5 Å². The Morgan fingerprint density at radius 1 is 0.968 bits per heavy atom. The van der Waals surface area contributed by atoms with Gasteiger partial charge in [-0.1, -0.05) is 65.7 Å². The molecule has 31 heavy (non-hydrogen) atoms. The maximum Gasteiger partial charge on any atom is 0.242 e. The number of nitrogens with one attached hydrogen (secondary N) is 2. The molecule has 6 nitrogen and oxygen atoms in total. The van der Waals surface area contributed by atoms with E-state index in [1.165, 1.54) is 25.3 Å². The van der Waals surface area contributed by atoms with Gasteiger partial charge in [0.1, 0.15) is 11.8 Å². The van der Waals surface area contributed by atoms with Crippen LogP contribution in [0.5, 0.6) is 5.75 Å². The van der Waals surface area contributed by atoms with Gasteiger partial charge in [-0.05, 0) is 42.3 Å². The highest BCUT2D eigenvalue weighted by molar-refractivity contribution is 7.89. The van der Waals surface area contributed by atoms with Crippen molar-refractivity contribution in [2.75, 3.05) is 12.4 Å². The van der Waals surface area contributed by atoms with Crippen molar-refractivity contribution < 1.29 is 17.9 Å². The summed E-state index contributed by atoms with van der Waals surface area (Å²) < 4.78 is 33.5. The molecule has 0 unspecified atom stereocenters. The number of para-hydroxylation sites is 1. The molecule has 0 aliphatic carbocycles. The van der Waals surface area contributed by atoms with Gasteiger partial charge in [-0.15, -0.1) is 0 Å². The van der Waals surface area contributed by atoms with E-state index in [0.717, 1.165) is 5.56 Å². The van der Waals surface area contributed by atoms with Gasteiger partial charge >= 0.3 is 0 Å². The number of ether oxygens (including phenoxy) is 1. The molecule has 1 atom stereocenters. The fourth-order valence-electron chi connectivity index (χ4n) is 2.89. The lowest BCUT2D eigenvalue weighted by Crippen LogP contribution is -2.45. The Balaban J connectivity index is 1.89. The average Bonchev–Trinajstić information content (AvgIpc) is 2.75. The smallest absolute Gasteiger partial charge is 0.242 e. The van der Waals surface area contributed by atoms with E-state index in [0.29, 0.717) is 16.5 Å². The highest BCUT2D eigenvalue weighted by atomic mass is 35.5. The summed E-state index contributed by atoms with van der Waals surface area (Å²) in [4.78, 5) is 12.9. The molecule has 0 heterocycles. The molecule has 0 radical (unpaired) electrons. The van der Waals surface area contributed by atoms with Crippen LogP contribution in [-0.2, 0) is 21.2 Å². The van der Waals surface area contributed by atoms with Crippen LogP contribution < -0.4 is 14.8 Å². The van der Waals surface area contributed by atoms with Crippen molar-refractivity contribution in [1.29, 1.82) is 0 Å². The van der Waals surface area contributed by atoms with Crippen molar-refractivity contribution in [2.45, 2.75) is 17.4 Å². The first-order valence-electron chi connectivity index (χ1n) is 9.25. The van der Waals surface area contributed by atoms with Crippen molar-refractivity contribution in [3.8, 4) is 5.75 Å². The number of rotatable bonds is 8. The van der Waals surface area contributed by atoms with Gasteiger partial charge < -0.3 is 10.1 Å². The van der Waals surface area contributed by atoms with E-state index in [1.807, 2.05) is 30.3 Å². The van der Waals surface area contributed by atoms with Crippen molar-refractivity contribution in [1.82, 2.24) is 4.72 Å². The quantitative estimate of drug-likeness (QED) is 0.497. The summed E-state index contributed by atoms with van der Waals surface area (Å²) in [6, 6.07) is 18.8. The molecule has 0 fully saturated rings. The Morgan fingerprint density at radius 3 is 2.29 bits per heavy atom. The largest absolute Gasteiger partial charge is 0.495 e. The monoisotopic (exact) mass is 478 g/mol. The fraction of sp³-hybridized carbons (Fsp3) is 0.136. The van der Waals surface area contributed by atoms with Crippen LogP contribution in [0.15, 0.2) is 77.7 Å². The van der Waals surface area contributed by atoms with Crippen LogP contribution in [0.25, 0.3) is 0 Å². The third-order valence-corrected chi connectivity index (χ3v) is 6.56. The van der Waals surface area contributed by atoms with Crippen molar-refractivity contribution >= 4 is 44.8 Å². The molecule has 0 aliphatic rings. The summed E-state index contributed by atoms with van der Waals surface area (Å²) in [6.45, 7) is 0. The number of hydrogen-bond acceptors (Lipinski definition) is 4. The minimum atomic E-state index is -4.06. The molecule has 162 valence electrons. The summed E-state index contributed by atoms with van der Waals surface area (Å²) in [5.74, 6) is -0.196. The van der Waals surface area contributed by atoms with Gasteiger partial charge in [0.2, 0.25) is 15.9 Å². The molecule has 3 rings (SSSR count). The van der Waals surface area contributed by atoms with Gasteiger partial charge in [0.25, 0.3) is 0 Å². The number of anilines is 1. The Morgan fingerprint density at radius 2 is 1.65 bits per heavy atom. The standard InChI is InChI=1S/C22H20Cl2N2O4S/c1-30-21-12-11-16(14-18(21)24)31(28,29)26-20(13-15-7-3-2-4-8-15)22(27)25-19-10-6-5-9-17(19)23/h2-12,14,20,26H,13H2,1H3,(H,25,27)/t20-/m0/s1. The molecule has 0 saturated carbocycles. The average molecular weight is 479 g/mol. The summed E-state index contributed by atoms with van der Waals surface area (Å²) >= 11 is 12.2. The minimum Gasteiger partial charge on any atom is -0.495 e. The Hall–Kier alpha value is -2.58. The first-order valence-corrected chi connectivity index (χ1v) is 11.5. The number of carbonyl (C=O) groups excluding carboxylic acids is 1. The number of benzene rings is 3. The molecule has 2 N–H and O–H groups in total. The summed E-state index contributed by atoms with van der Waals surface area (Å²) in [6.07, 6.45) is 0.139. The topological polar surface area (TPSA) is 84.5 Å². The second-order valence-electron chi connectivity index (χ2n) is 6.63. The summed E-state index contributed by atoms with van der Waals surface area (Å²) in [5, 5.41) is 3.18. The molecule has 9 heteroatoms. The van der Waals surface area contributed by atoms with Gasteiger partial charge in [0.15, 0.2) is 0 Å². The lowest BCUT2D eigenvalue weighted by Gasteiger charge is -2.19. The lowest BCUT2D eigenvalue weighted by atomic mass is 10.1. The second kappa shape index (κ2) is 10.2. The summed E-state index contributed by atoms with van der Waals surface area (Å²) in [5.41, 5.74) is 1.18. The first-order chi connectivity index (χ1) is 14.8. The first kappa shape index (κ1) is 23.1. The van der Waals surface area contributed by atoms with E-state index in [1.54, 1.807) is 24.3 Å². The second-order valence-corrected chi connectivity index (χ2v) is 9.16. The molecule has 0 aliphatic heterocycles. The van der Waals surface area contributed by atoms with Crippen LogP contribution in [0.3, 0.4) is 0 Å². The Kier molecular flexibility index (Phi) is 7.56. The Bertz CT molecular complexity index is 1170. The SMILES string of the molecule is COc1ccc(S(=O)(=O)N[C@@H](Cc2ccccc2)C(=O)Nc2ccccc2Cl)cc1Cl. The van der Waals surface area contributed by atoms with Crippen molar-refractivity contribution in [3.05, 3.63) is 88.4 Å². The molecular formula is C22H20Cl2N2O4S. The number of carbonyl (C=O) groups is 1. The number of hydrogen-bond donors (Lipinski definition) is 2. The maximum atomic E-state index is 13.0. The van der Waals surface area contributed by atoms with Gasteiger partial charge in [0.05, 0.1) is 27.7 Å². The van der Waals surface area contributed by atoms with Crippen molar-refractivity contribution in [3.63, 3.8) is 0 Å². The van der Waals surface area contributed by atoms with E-state index in [-0.39, 0.29) is 16.3 Å². The van der Waals surface area contributed by atoms with Gasteiger partial charge in [-0.2, -0.15) is 4.72 Å². The van der Waals surface area contributed by atoms with E-state index in [9.17, 15) is 13.2 Å². The molecule has 0 bridgehead atoms. The van der Waals surface area contributed by atoms with Crippen LogP contribution in [0, 0.1) is 0 Å². The van der Waals surface area contributed by atoms with Gasteiger partial charge in [-0.3, -0.25) is 4.79 Å². The number of halogens is 2. The molecule has 3 aromatic carbocycles. The van der Waals surface area contributed by atoms with E-state index >= 15 is 0 Å². The van der Waals surface area contributed by atoms with E-state index < -0.39 is 22.0 Å². The third-order valence-electron chi connectivity index (χ3n) is 4.46. The van der Waals surface area contributed by atoms with Gasteiger partial charge in [0, 0.05) is 0 Å². The highest BCUT2D eigenvalue weighted by Crippen LogP contribution is 2.27. The molecule has 0 saturated heterocycles. The predicted octanol–water partition coefficient (Wildman–Crippen LogP) is 4.53. The molecule has 3 aromatic rings. The van der Waals surface area contributed by atoms with Crippen molar-refractivity contribution in [2.24, 2.45) is 0 Å². The van der Waals surface area contributed by atoms with Crippen LogP contribution in [0.2, 0.25) is 10.0 Å². The predicted molar refractivity (Wildman–Crippen MR) is 122 cm³/mol. The third kappa shape index (κ3) is 5.98. The highest BCUT2D eigenvalue weighted by Gasteiger charge is 2.27. The van der Waals surface area contributed by atoms with Crippen LogP contribution >= 0.6 is 23.2 Å². The summed E-state index contributed by atoms with van der Waals surface area (Å²) in [7, 11) is -2.63. The zero-order valence-electron chi connectivity index (χ0n) is 16.5. The minimum absolute atomic E-state index is 0.0816. The molecule has 0 spiro atoms. The zero-order chi connectivity index (χ0) is 22.4.